The topological polar surface area (TPSA) is 0 Å². The molecule has 0 aliphatic heterocycles. The van der Waals surface area contributed by atoms with Crippen molar-refractivity contribution in [2.45, 2.75) is 84.5 Å². The van der Waals surface area contributed by atoms with Crippen LogP contribution in [0.25, 0.3) is 0 Å². The molecule has 0 aromatic rings. The predicted octanol–water partition coefficient (Wildman–Crippen LogP) is 5.81. The van der Waals surface area contributed by atoms with Crippen molar-refractivity contribution in [1.29, 1.82) is 0 Å². The van der Waals surface area contributed by atoms with Crippen molar-refractivity contribution in [2.24, 2.45) is 34.5 Å². The van der Waals surface area contributed by atoms with Gasteiger partial charge in [0, 0.05) is 0 Å². The van der Waals surface area contributed by atoms with Crippen molar-refractivity contribution in [3.05, 3.63) is 0 Å². The molecule has 0 heteroatoms. The molecule has 0 saturated heterocycles. The quantitative estimate of drug-likeness (QED) is 0.515. The van der Waals surface area contributed by atoms with E-state index < -0.39 is 0 Å². The summed E-state index contributed by atoms with van der Waals surface area (Å²) < 4.78 is 0. The van der Waals surface area contributed by atoms with Gasteiger partial charge in [-0.2, -0.15) is 0 Å². The summed E-state index contributed by atoms with van der Waals surface area (Å²) in [5.74, 6) is 4.41. The fourth-order valence-electron chi connectivity index (χ4n) is 7.29. The molecule has 0 radical (unpaired) electrons. The van der Waals surface area contributed by atoms with Gasteiger partial charge in [0.25, 0.3) is 0 Å². The lowest BCUT2D eigenvalue weighted by atomic mass is 9.45. The first-order valence-corrected chi connectivity index (χ1v) is 9.13. The molecule has 0 heterocycles. The highest BCUT2D eigenvalue weighted by Gasteiger charge is 2.56. The zero-order chi connectivity index (χ0) is 13.1. The van der Waals surface area contributed by atoms with Crippen molar-refractivity contribution < 1.29 is 0 Å². The van der Waals surface area contributed by atoms with Crippen LogP contribution < -0.4 is 0 Å². The summed E-state index contributed by atoms with van der Waals surface area (Å²) in [5.41, 5.74) is 1.49. The molecule has 0 nitrogen and oxygen atoms in total. The molecule has 0 aromatic carbocycles. The maximum atomic E-state index is 2.70. The van der Waals surface area contributed by atoms with Gasteiger partial charge in [-0.25, -0.2) is 0 Å². The van der Waals surface area contributed by atoms with Crippen LogP contribution in [0.2, 0.25) is 0 Å². The van der Waals surface area contributed by atoms with E-state index in [4.69, 9.17) is 0 Å². The summed E-state index contributed by atoms with van der Waals surface area (Å²) in [6.07, 6.45) is 17.1. The second kappa shape index (κ2) is 4.25. The highest BCUT2D eigenvalue weighted by atomic mass is 14.6. The SMILES string of the molecule is C[C@@]12CCC[C@H]1[C@@H]1CC[C@H]3CCCC[C@@]3(C)[C@H]1CC2. The smallest absolute Gasteiger partial charge is 0.0266 e. The van der Waals surface area contributed by atoms with Crippen molar-refractivity contribution in [2.75, 3.05) is 0 Å². The van der Waals surface area contributed by atoms with E-state index in [2.05, 4.69) is 13.8 Å². The Morgan fingerprint density at radius 2 is 1.58 bits per heavy atom. The second-order valence-corrected chi connectivity index (χ2v) is 8.99. The van der Waals surface area contributed by atoms with Crippen LogP contribution in [0.5, 0.6) is 0 Å². The Balaban J connectivity index is 1.64. The zero-order valence-electron chi connectivity index (χ0n) is 13.1. The average Bonchev–Trinajstić information content (AvgIpc) is 2.79. The third-order valence-corrected chi connectivity index (χ3v) is 8.36. The molecule has 4 aliphatic carbocycles. The van der Waals surface area contributed by atoms with E-state index in [0.29, 0.717) is 0 Å². The Bertz CT molecular complexity index is 359. The van der Waals surface area contributed by atoms with Crippen molar-refractivity contribution in [3.63, 3.8) is 0 Å². The molecule has 4 saturated carbocycles. The van der Waals surface area contributed by atoms with Gasteiger partial charge in [0.2, 0.25) is 0 Å². The van der Waals surface area contributed by atoms with Crippen LogP contribution in [0.3, 0.4) is 0 Å². The molecule has 0 amide bonds. The monoisotopic (exact) mass is 260 g/mol. The van der Waals surface area contributed by atoms with Crippen molar-refractivity contribution in [3.8, 4) is 0 Å². The fraction of sp³-hybridized carbons (Fsp3) is 1.00. The van der Waals surface area contributed by atoms with Gasteiger partial charge in [0.05, 0.1) is 0 Å². The summed E-state index contributed by atoms with van der Waals surface area (Å²) >= 11 is 0. The molecule has 0 bridgehead atoms. The Morgan fingerprint density at radius 1 is 0.684 bits per heavy atom. The normalized spacial score (nSPS) is 57.2. The highest BCUT2D eigenvalue weighted by molar-refractivity contribution is 5.06. The molecule has 4 aliphatic rings. The van der Waals surface area contributed by atoms with E-state index in [1.165, 1.54) is 19.3 Å². The number of rotatable bonds is 0. The van der Waals surface area contributed by atoms with Gasteiger partial charge in [0.1, 0.15) is 0 Å². The Kier molecular flexibility index (Phi) is 2.84. The minimum absolute atomic E-state index is 0.741. The second-order valence-electron chi connectivity index (χ2n) is 8.99. The Hall–Kier alpha value is 0. The van der Waals surface area contributed by atoms with E-state index in [1.54, 1.807) is 51.4 Å². The molecule has 0 unspecified atom stereocenters. The first-order chi connectivity index (χ1) is 9.13. The van der Waals surface area contributed by atoms with Gasteiger partial charge >= 0.3 is 0 Å². The molecular formula is C19H32. The number of hydrogen-bond donors (Lipinski definition) is 0. The summed E-state index contributed by atoms with van der Waals surface area (Å²) in [5, 5.41) is 0. The average molecular weight is 260 g/mol. The third kappa shape index (κ3) is 1.70. The summed E-state index contributed by atoms with van der Waals surface area (Å²) in [4.78, 5) is 0. The number of fused-ring (bicyclic) bond motifs is 5. The lowest BCUT2D eigenvalue weighted by molar-refractivity contribution is -0.103. The van der Waals surface area contributed by atoms with Crippen LogP contribution in [0.4, 0.5) is 0 Å². The molecule has 6 atom stereocenters. The molecular weight excluding hydrogens is 228 g/mol. The predicted molar refractivity (Wildman–Crippen MR) is 81.0 cm³/mol. The summed E-state index contributed by atoms with van der Waals surface area (Å²) in [7, 11) is 0. The highest BCUT2D eigenvalue weighted by Crippen LogP contribution is 2.66. The van der Waals surface area contributed by atoms with Crippen LogP contribution >= 0.6 is 0 Å². The van der Waals surface area contributed by atoms with Gasteiger partial charge < -0.3 is 0 Å². The first-order valence-electron chi connectivity index (χ1n) is 9.13. The maximum Gasteiger partial charge on any atom is -0.0266 e. The molecule has 0 aromatic heterocycles. The van der Waals surface area contributed by atoms with Crippen molar-refractivity contribution in [1.82, 2.24) is 0 Å². The first kappa shape index (κ1) is 12.7. The lowest BCUT2D eigenvalue weighted by Gasteiger charge is -2.60. The fourth-order valence-corrected chi connectivity index (χ4v) is 7.29. The largest absolute Gasteiger partial charge is 0.0594 e. The van der Waals surface area contributed by atoms with Crippen LogP contribution in [-0.2, 0) is 0 Å². The molecule has 0 spiro atoms. The van der Waals surface area contributed by atoms with E-state index in [-0.39, 0.29) is 0 Å². The van der Waals surface area contributed by atoms with Gasteiger partial charge in [-0.05, 0) is 85.9 Å². The number of hydrogen-bond acceptors (Lipinski definition) is 0. The minimum atomic E-state index is 0.741. The minimum Gasteiger partial charge on any atom is -0.0594 e. The van der Waals surface area contributed by atoms with Gasteiger partial charge in [-0.1, -0.05) is 33.1 Å². The van der Waals surface area contributed by atoms with Crippen LogP contribution in [-0.4, -0.2) is 0 Å². The van der Waals surface area contributed by atoms with Crippen LogP contribution in [0.1, 0.15) is 84.5 Å². The molecule has 4 fully saturated rings. The van der Waals surface area contributed by atoms with Crippen molar-refractivity contribution >= 4 is 0 Å². The molecule has 108 valence electrons. The lowest BCUT2D eigenvalue weighted by Crippen LogP contribution is -2.51. The summed E-state index contributed by atoms with van der Waals surface area (Å²) in [6.45, 7) is 5.33. The maximum absolute atomic E-state index is 2.70. The van der Waals surface area contributed by atoms with E-state index in [9.17, 15) is 0 Å². The van der Waals surface area contributed by atoms with Crippen LogP contribution in [0, 0.1) is 34.5 Å². The van der Waals surface area contributed by atoms with E-state index >= 15 is 0 Å². The Labute approximate surface area is 119 Å². The standard InChI is InChI=1S/C19H32/c1-18-11-5-7-16(18)15-9-8-14-6-3-4-12-19(14,2)17(15)10-13-18/h14-17H,3-13H2,1-2H3/t14-,15+,16+,17+,18+,19-/m1/s1. The van der Waals surface area contributed by atoms with E-state index in [0.717, 1.165) is 34.5 Å². The summed E-state index contributed by atoms with van der Waals surface area (Å²) in [6, 6.07) is 0. The van der Waals surface area contributed by atoms with Crippen LogP contribution in [0.15, 0.2) is 0 Å². The van der Waals surface area contributed by atoms with E-state index in [1.807, 2.05) is 0 Å². The van der Waals surface area contributed by atoms with Gasteiger partial charge in [-0.3, -0.25) is 0 Å². The van der Waals surface area contributed by atoms with Gasteiger partial charge in [0.15, 0.2) is 0 Å². The molecule has 4 rings (SSSR count). The van der Waals surface area contributed by atoms with Gasteiger partial charge in [-0.15, -0.1) is 0 Å². The Morgan fingerprint density at radius 3 is 2.47 bits per heavy atom. The third-order valence-electron chi connectivity index (χ3n) is 8.36. The molecule has 19 heavy (non-hydrogen) atoms. The molecule has 0 N–H and O–H groups in total. The zero-order valence-corrected chi connectivity index (χ0v) is 13.1.